The fourth-order valence-electron chi connectivity index (χ4n) is 2.04. The van der Waals surface area contributed by atoms with Gasteiger partial charge >= 0.3 is 12.1 Å². The molecule has 6 heteroatoms. The zero-order valence-electron chi connectivity index (χ0n) is 10.1. The molecule has 6 nitrogen and oxygen atoms in total. The molecular weight excluding hydrogens is 226 g/mol. The van der Waals surface area contributed by atoms with Gasteiger partial charge in [0, 0.05) is 0 Å². The topological polar surface area (TPSA) is 72.9 Å². The molecule has 2 atom stereocenters. The number of ether oxygens (including phenoxy) is 2. The molecule has 2 rings (SSSR count). The van der Waals surface area contributed by atoms with Gasteiger partial charge in [-0.25, -0.2) is 9.69 Å². The first kappa shape index (κ1) is 11.9. The first-order valence-electron chi connectivity index (χ1n) is 5.52. The van der Waals surface area contributed by atoms with E-state index in [1.807, 2.05) is 0 Å². The van der Waals surface area contributed by atoms with Crippen molar-refractivity contribution in [2.75, 3.05) is 0 Å². The lowest BCUT2D eigenvalue weighted by atomic mass is 10.1. The summed E-state index contributed by atoms with van der Waals surface area (Å²) < 4.78 is 10.1. The van der Waals surface area contributed by atoms with Crippen molar-refractivity contribution in [3.05, 3.63) is 0 Å². The van der Waals surface area contributed by atoms with Crippen LogP contribution in [0.15, 0.2) is 0 Å². The van der Waals surface area contributed by atoms with Gasteiger partial charge in [-0.05, 0) is 20.8 Å². The van der Waals surface area contributed by atoms with Crippen LogP contribution in [0.25, 0.3) is 0 Å². The van der Waals surface area contributed by atoms with Crippen LogP contribution in [0.3, 0.4) is 0 Å². The second-order valence-corrected chi connectivity index (χ2v) is 5.25. The van der Waals surface area contributed by atoms with Gasteiger partial charge in [0.2, 0.25) is 5.91 Å². The number of carbonyl (C=O) groups excluding carboxylic acids is 3. The van der Waals surface area contributed by atoms with Crippen molar-refractivity contribution < 1.29 is 23.9 Å². The monoisotopic (exact) mass is 241 g/mol. The van der Waals surface area contributed by atoms with Crippen LogP contribution in [0, 0.1) is 0 Å². The molecule has 17 heavy (non-hydrogen) atoms. The predicted molar refractivity (Wildman–Crippen MR) is 56.0 cm³/mol. The van der Waals surface area contributed by atoms with E-state index in [-0.39, 0.29) is 24.7 Å². The molecule has 0 N–H and O–H groups in total. The smallest absolute Gasteiger partial charge is 0.417 e. The number of hydrogen-bond donors (Lipinski definition) is 0. The third-order valence-corrected chi connectivity index (χ3v) is 2.65. The molecule has 2 heterocycles. The largest absolute Gasteiger partial charge is 0.460 e. The number of carbonyl (C=O) groups is 3. The maximum absolute atomic E-state index is 11.8. The number of rotatable bonds is 0. The van der Waals surface area contributed by atoms with E-state index in [4.69, 9.17) is 9.47 Å². The van der Waals surface area contributed by atoms with Crippen LogP contribution in [0.1, 0.15) is 33.6 Å². The van der Waals surface area contributed by atoms with E-state index in [2.05, 4.69) is 0 Å². The van der Waals surface area contributed by atoms with Crippen LogP contribution in [0.5, 0.6) is 0 Å². The van der Waals surface area contributed by atoms with Crippen LogP contribution in [0.2, 0.25) is 0 Å². The highest BCUT2D eigenvalue weighted by atomic mass is 16.6. The molecule has 0 aromatic carbocycles. The maximum atomic E-state index is 11.8. The number of nitrogens with zero attached hydrogens (tertiary/aromatic N) is 1. The first-order chi connectivity index (χ1) is 7.78. The summed E-state index contributed by atoms with van der Waals surface area (Å²) in [4.78, 5) is 35.6. The van der Waals surface area contributed by atoms with Crippen molar-refractivity contribution >= 4 is 18.0 Å². The molecule has 0 saturated carbocycles. The van der Waals surface area contributed by atoms with Crippen molar-refractivity contribution in [3.63, 3.8) is 0 Å². The van der Waals surface area contributed by atoms with Gasteiger partial charge in [-0.2, -0.15) is 0 Å². The lowest BCUT2D eigenvalue weighted by Crippen LogP contribution is -2.43. The number of fused-ring (bicyclic) bond motifs is 1. The van der Waals surface area contributed by atoms with Gasteiger partial charge in [-0.15, -0.1) is 0 Å². The minimum atomic E-state index is -0.701. The van der Waals surface area contributed by atoms with Gasteiger partial charge in [0.15, 0.2) is 0 Å². The Bertz CT molecular complexity index is 384. The molecule has 0 bridgehead atoms. The highest BCUT2D eigenvalue weighted by Crippen LogP contribution is 2.31. The van der Waals surface area contributed by atoms with E-state index < -0.39 is 23.8 Å². The second kappa shape index (κ2) is 3.72. The van der Waals surface area contributed by atoms with Gasteiger partial charge in [0.25, 0.3) is 0 Å². The summed E-state index contributed by atoms with van der Waals surface area (Å²) in [5, 5.41) is 0. The van der Waals surface area contributed by atoms with Crippen LogP contribution in [-0.2, 0) is 19.1 Å². The summed E-state index contributed by atoms with van der Waals surface area (Å²) in [6.07, 6.45) is -1.07. The minimum Gasteiger partial charge on any atom is -0.460 e. The maximum Gasteiger partial charge on any atom is 0.417 e. The Hall–Kier alpha value is -1.59. The lowest BCUT2D eigenvalue weighted by molar-refractivity contribution is -0.142. The number of amides is 2. The van der Waals surface area contributed by atoms with Crippen molar-refractivity contribution in [3.8, 4) is 0 Å². The molecule has 0 aromatic heterocycles. The van der Waals surface area contributed by atoms with Gasteiger partial charge < -0.3 is 9.47 Å². The molecule has 2 fully saturated rings. The van der Waals surface area contributed by atoms with E-state index >= 15 is 0 Å². The average molecular weight is 241 g/mol. The summed E-state index contributed by atoms with van der Waals surface area (Å²) in [5.41, 5.74) is -0.668. The van der Waals surface area contributed by atoms with Gasteiger partial charge in [0.05, 0.1) is 18.9 Å². The molecule has 2 amide bonds. The molecule has 0 radical (unpaired) electrons. The minimum absolute atomic E-state index is 0.0651. The Balaban J connectivity index is 2.12. The molecule has 0 aliphatic carbocycles. The summed E-state index contributed by atoms with van der Waals surface area (Å²) in [6.45, 7) is 5.16. The van der Waals surface area contributed by atoms with Crippen LogP contribution >= 0.6 is 0 Å². The number of hydrogen-bond acceptors (Lipinski definition) is 5. The Morgan fingerprint density at radius 3 is 2.59 bits per heavy atom. The van der Waals surface area contributed by atoms with Gasteiger partial charge in [-0.1, -0.05) is 0 Å². The third kappa shape index (κ3) is 2.25. The average Bonchev–Trinajstić information content (AvgIpc) is 2.54. The molecule has 0 aromatic rings. The second-order valence-electron chi connectivity index (χ2n) is 5.25. The lowest BCUT2D eigenvalue weighted by Gasteiger charge is -2.25. The van der Waals surface area contributed by atoms with E-state index in [1.165, 1.54) is 0 Å². The van der Waals surface area contributed by atoms with E-state index in [1.54, 1.807) is 20.8 Å². The highest BCUT2D eigenvalue weighted by molar-refractivity contribution is 5.96. The first-order valence-corrected chi connectivity index (χ1v) is 5.52. The van der Waals surface area contributed by atoms with Crippen LogP contribution < -0.4 is 0 Å². The Morgan fingerprint density at radius 1 is 1.35 bits per heavy atom. The normalized spacial score (nSPS) is 28.1. The fourth-order valence-corrected chi connectivity index (χ4v) is 2.04. The SMILES string of the molecule is CC(C)(C)OC(=O)N1C(=O)C[C@@H]2OC(=O)C[C@@H]21. The summed E-state index contributed by atoms with van der Waals surface area (Å²) >= 11 is 0. The zero-order valence-corrected chi connectivity index (χ0v) is 10.1. The Kier molecular flexibility index (Phi) is 2.60. The predicted octanol–water partition coefficient (Wildman–Crippen LogP) is 0.838. The summed E-state index contributed by atoms with van der Waals surface area (Å²) in [7, 11) is 0. The van der Waals surface area contributed by atoms with E-state index in [9.17, 15) is 14.4 Å². The number of imide groups is 1. The fraction of sp³-hybridized carbons (Fsp3) is 0.727. The van der Waals surface area contributed by atoms with Crippen molar-refractivity contribution in [2.45, 2.75) is 51.4 Å². The Morgan fingerprint density at radius 2 is 2.00 bits per heavy atom. The van der Waals surface area contributed by atoms with Crippen molar-refractivity contribution in [1.29, 1.82) is 0 Å². The Labute approximate surface area is 98.8 Å². The molecule has 2 aliphatic rings. The molecule has 0 spiro atoms. The molecule has 94 valence electrons. The number of likely N-dealkylation sites (tertiary alicyclic amines) is 1. The van der Waals surface area contributed by atoms with Crippen molar-refractivity contribution in [2.24, 2.45) is 0 Å². The highest BCUT2D eigenvalue weighted by Gasteiger charge is 2.51. The van der Waals surface area contributed by atoms with E-state index in [0.717, 1.165) is 4.90 Å². The third-order valence-electron chi connectivity index (χ3n) is 2.65. The number of esters is 1. The standard InChI is InChI=1S/C11H15NO5/c1-11(2,3)17-10(15)12-6-4-9(14)16-7(6)5-8(12)13/h6-7H,4-5H2,1-3H3/t6-,7-/m0/s1. The zero-order chi connectivity index (χ0) is 12.8. The van der Waals surface area contributed by atoms with E-state index in [0.29, 0.717) is 0 Å². The van der Waals surface area contributed by atoms with Crippen molar-refractivity contribution in [1.82, 2.24) is 4.90 Å². The summed E-state index contributed by atoms with van der Waals surface area (Å²) in [6, 6.07) is -0.496. The van der Waals surface area contributed by atoms with Crippen LogP contribution in [0.4, 0.5) is 4.79 Å². The summed E-state index contributed by atoms with van der Waals surface area (Å²) in [5.74, 6) is -0.720. The molecule has 0 unspecified atom stereocenters. The molecule has 2 saturated heterocycles. The quantitative estimate of drug-likeness (QED) is 0.587. The van der Waals surface area contributed by atoms with Gasteiger partial charge in [0.1, 0.15) is 11.7 Å². The van der Waals surface area contributed by atoms with Gasteiger partial charge in [-0.3, -0.25) is 9.59 Å². The molecular formula is C11H15NO5. The van der Waals surface area contributed by atoms with Crippen LogP contribution in [-0.4, -0.2) is 40.6 Å². The molecule has 2 aliphatic heterocycles.